The van der Waals surface area contributed by atoms with E-state index in [1.54, 1.807) is 4.52 Å². The number of carbonyl (C=O) groups excluding carboxylic acids is 1. The first-order valence-electron chi connectivity index (χ1n) is 7.78. The predicted molar refractivity (Wildman–Crippen MR) is 88.7 cm³/mol. The van der Waals surface area contributed by atoms with E-state index in [0.29, 0.717) is 18.7 Å². The highest BCUT2D eigenvalue weighted by Crippen LogP contribution is 2.26. The van der Waals surface area contributed by atoms with E-state index >= 15 is 0 Å². The van der Waals surface area contributed by atoms with E-state index in [0.717, 1.165) is 22.8 Å². The molecule has 0 bridgehead atoms. The van der Waals surface area contributed by atoms with Crippen LogP contribution in [0.5, 0.6) is 0 Å². The molecular formula is C17H17N5O2. The fraction of sp³-hybridized carbons (Fsp3) is 0.294. The minimum Gasteiger partial charge on any atom is -0.469 e. The van der Waals surface area contributed by atoms with Crippen LogP contribution in [0.3, 0.4) is 0 Å². The van der Waals surface area contributed by atoms with Crippen molar-refractivity contribution in [3.63, 3.8) is 0 Å². The van der Waals surface area contributed by atoms with Crippen molar-refractivity contribution in [1.29, 1.82) is 0 Å². The van der Waals surface area contributed by atoms with Crippen LogP contribution in [0.25, 0.3) is 17.0 Å². The molecule has 3 heterocycles. The summed E-state index contributed by atoms with van der Waals surface area (Å²) < 4.78 is 6.53. The van der Waals surface area contributed by atoms with Crippen molar-refractivity contribution < 1.29 is 9.53 Å². The van der Waals surface area contributed by atoms with Crippen LogP contribution in [-0.4, -0.2) is 46.0 Å². The van der Waals surface area contributed by atoms with Crippen molar-refractivity contribution in [2.45, 2.75) is 6.92 Å². The molecule has 4 rings (SSSR count). The summed E-state index contributed by atoms with van der Waals surface area (Å²) in [7, 11) is 1.42. The van der Waals surface area contributed by atoms with Gasteiger partial charge in [-0.05, 0) is 24.6 Å². The Labute approximate surface area is 138 Å². The van der Waals surface area contributed by atoms with E-state index < -0.39 is 0 Å². The summed E-state index contributed by atoms with van der Waals surface area (Å²) >= 11 is 0. The average Bonchev–Trinajstić information content (AvgIpc) is 2.97. The van der Waals surface area contributed by atoms with Crippen molar-refractivity contribution >= 4 is 17.4 Å². The van der Waals surface area contributed by atoms with E-state index in [4.69, 9.17) is 4.74 Å². The van der Waals surface area contributed by atoms with Gasteiger partial charge in [-0.15, -0.1) is 15.3 Å². The summed E-state index contributed by atoms with van der Waals surface area (Å²) in [5.41, 5.74) is 2.82. The summed E-state index contributed by atoms with van der Waals surface area (Å²) in [6.07, 6.45) is 0. The maximum Gasteiger partial charge on any atom is 0.312 e. The van der Waals surface area contributed by atoms with Crippen molar-refractivity contribution in [2.75, 3.05) is 25.1 Å². The number of aromatic nitrogens is 4. The third kappa shape index (κ3) is 2.29. The number of aryl methyl sites for hydroxylation is 1. The number of rotatable bonds is 3. The number of esters is 1. The van der Waals surface area contributed by atoms with Crippen LogP contribution in [0.2, 0.25) is 0 Å². The number of methoxy groups -OCH3 is 1. The summed E-state index contributed by atoms with van der Waals surface area (Å²) in [6.45, 7) is 3.27. The summed E-state index contributed by atoms with van der Waals surface area (Å²) in [5, 5.41) is 13.1. The van der Waals surface area contributed by atoms with Crippen molar-refractivity contribution in [3.05, 3.63) is 42.0 Å². The van der Waals surface area contributed by atoms with Gasteiger partial charge < -0.3 is 9.64 Å². The van der Waals surface area contributed by atoms with Gasteiger partial charge in [0.1, 0.15) is 5.82 Å². The number of anilines is 1. The highest BCUT2D eigenvalue weighted by Gasteiger charge is 2.34. The zero-order valence-electron chi connectivity index (χ0n) is 13.5. The Morgan fingerprint density at radius 1 is 1.17 bits per heavy atom. The van der Waals surface area contributed by atoms with Gasteiger partial charge in [0, 0.05) is 18.7 Å². The lowest BCUT2D eigenvalue weighted by atomic mass is 10.0. The van der Waals surface area contributed by atoms with E-state index in [-0.39, 0.29) is 11.9 Å². The molecule has 3 aromatic rings. The molecule has 1 aliphatic rings. The smallest absolute Gasteiger partial charge is 0.312 e. The first-order chi connectivity index (χ1) is 11.7. The van der Waals surface area contributed by atoms with Crippen LogP contribution in [0.1, 0.15) is 5.56 Å². The van der Waals surface area contributed by atoms with Gasteiger partial charge in [0.2, 0.25) is 0 Å². The first kappa shape index (κ1) is 14.6. The number of nitrogens with zero attached hydrogens (tertiary/aromatic N) is 5. The monoisotopic (exact) mass is 323 g/mol. The lowest BCUT2D eigenvalue weighted by molar-refractivity contribution is -0.146. The molecule has 1 saturated heterocycles. The molecule has 7 heteroatoms. The molecule has 1 aliphatic heterocycles. The normalized spacial score (nSPS) is 14.7. The Bertz CT molecular complexity index is 914. The number of hydrogen-bond donors (Lipinski definition) is 0. The van der Waals surface area contributed by atoms with Crippen LogP contribution >= 0.6 is 0 Å². The van der Waals surface area contributed by atoms with Crippen LogP contribution in [0.4, 0.5) is 5.82 Å². The SMILES string of the molecule is COC(=O)C1CN(c2ccc3nnc(-c4ccccc4C)n3n2)C1. The second-order valence-corrected chi connectivity index (χ2v) is 5.93. The van der Waals surface area contributed by atoms with Crippen LogP contribution < -0.4 is 4.90 Å². The van der Waals surface area contributed by atoms with Gasteiger partial charge in [0.25, 0.3) is 0 Å². The van der Waals surface area contributed by atoms with Crippen molar-refractivity contribution in [3.8, 4) is 11.4 Å². The summed E-state index contributed by atoms with van der Waals surface area (Å²) in [6, 6.07) is 11.8. The minimum atomic E-state index is -0.169. The standard InChI is InChI=1S/C17H17N5O2/c1-11-5-3-4-6-13(11)16-19-18-14-7-8-15(20-22(14)16)21-9-12(10-21)17(23)24-2/h3-8,12H,9-10H2,1-2H3. The second-order valence-electron chi connectivity index (χ2n) is 5.93. The molecule has 0 saturated carbocycles. The zero-order valence-corrected chi connectivity index (χ0v) is 13.5. The Morgan fingerprint density at radius 2 is 1.96 bits per heavy atom. The molecule has 0 radical (unpaired) electrons. The molecule has 0 aliphatic carbocycles. The molecule has 24 heavy (non-hydrogen) atoms. The fourth-order valence-corrected chi connectivity index (χ4v) is 2.92. The Balaban J connectivity index is 1.68. The Morgan fingerprint density at radius 3 is 2.71 bits per heavy atom. The number of hydrogen-bond acceptors (Lipinski definition) is 6. The molecule has 0 unspecified atom stereocenters. The maximum absolute atomic E-state index is 11.5. The Kier molecular flexibility index (Phi) is 3.41. The maximum atomic E-state index is 11.5. The first-order valence-corrected chi connectivity index (χ1v) is 7.78. The molecule has 2 aromatic heterocycles. The number of benzene rings is 1. The lowest BCUT2D eigenvalue weighted by Crippen LogP contribution is -2.51. The van der Waals surface area contributed by atoms with E-state index in [2.05, 4.69) is 15.3 Å². The second kappa shape index (κ2) is 5.59. The van der Waals surface area contributed by atoms with Crippen molar-refractivity contribution in [2.24, 2.45) is 5.92 Å². The van der Waals surface area contributed by atoms with Gasteiger partial charge in [-0.2, -0.15) is 4.52 Å². The van der Waals surface area contributed by atoms with E-state index in [1.807, 2.05) is 48.2 Å². The van der Waals surface area contributed by atoms with Gasteiger partial charge >= 0.3 is 5.97 Å². The van der Waals surface area contributed by atoms with Crippen LogP contribution in [0, 0.1) is 12.8 Å². The summed E-state index contributed by atoms with van der Waals surface area (Å²) in [4.78, 5) is 13.6. The lowest BCUT2D eigenvalue weighted by Gasteiger charge is -2.38. The van der Waals surface area contributed by atoms with Gasteiger partial charge in [-0.3, -0.25) is 4.79 Å². The minimum absolute atomic E-state index is 0.0794. The van der Waals surface area contributed by atoms with Crippen molar-refractivity contribution in [1.82, 2.24) is 19.8 Å². The molecule has 7 nitrogen and oxygen atoms in total. The molecule has 0 spiro atoms. The Hall–Kier alpha value is -2.96. The molecule has 122 valence electrons. The van der Waals surface area contributed by atoms with Crippen LogP contribution in [-0.2, 0) is 9.53 Å². The number of fused-ring (bicyclic) bond motifs is 1. The molecule has 0 N–H and O–H groups in total. The topological polar surface area (TPSA) is 72.6 Å². The predicted octanol–water partition coefficient (Wildman–Crippen LogP) is 1.71. The van der Waals surface area contributed by atoms with Gasteiger partial charge in [0.15, 0.2) is 11.5 Å². The highest BCUT2D eigenvalue weighted by molar-refractivity contribution is 5.76. The quantitative estimate of drug-likeness (QED) is 0.683. The summed E-state index contributed by atoms with van der Waals surface area (Å²) in [5.74, 6) is 1.27. The van der Waals surface area contributed by atoms with Gasteiger partial charge in [0.05, 0.1) is 13.0 Å². The van der Waals surface area contributed by atoms with Gasteiger partial charge in [-0.1, -0.05) is 24.3 Å². The zero-order chi connectivity index (χ0) is 16.7. The highest BCUT2D eigenvalue weighted by atomic mass is 16.5. The number of carbonyl (C=O) groups is 1. The largest absolute Gasteiger partial charge is 0.469 e. The molecule has 0 amide bonds. The van der Waals surface area contributed by atoms with E-state index in [1.165, 1.54) is 7.11 Å². The molecular weight excluding hydrogens is 306 g/mol. The van der Waals surface area contributed by atoms with Gasteiger partial charge in [-0.25, -0.2) is 0 Å². The average molecular weight is 323 g/mol. The third-order valence-corrected chi connectivity index (χ3v) is 4.37. The third-order valence-electron chi connectivity index (χ3n) is 4.37. The van der Waals surface area contributed by atoms with E-state index in [9.17, 15) is 4.79 Å². The molecule has 0 atom stereocenters. The molecule has 1 fully saturated rings. The molecule has 1 aromatic carbocycles. The fourth-order valence-electron chi connectivity index (χ4n) is 2.92. The van der Waals surface area contributed by atoms with Crippen LogP contribution in [0.15, 0.2) is 36.4 Å². The number of ether oxygens (including phenoxy) is 1.